The molecule has 3 fully saturated rings. The van der Waals surface area contributed by atoms with Crippen LogP contribution in [0, 0.1) is 23.7 Å². The number of carbonyl (C=O) groups is 11. The Bertz CT molecular complexity index is 3440. The first-order chi connectivity index (χ1) is 57.1. The zero-order valence-electron chi connectivity index (χ0n) is 83.8. The molecule has 0 unspecified atom stereocenters. The lowest BCUT2D eigenvalue weighted by atomic mass is 9.80. The van der Waals surface area contributed by atoms with E-state index in [0.29, 0.717) is 70.3 Å². The van der Waals surface area contributed by atoms with Gasteiger partial charge in [-0.15, -0.1) is 0 Å². The van der Waals surface area contributed by atoms with Crippen molar-refractivity contribution in [3.05, 3.63) is 0 Å². The molecule has 41 heteroatoms. The number of rotatable bonds is 37. The van der Waals surface area contributed by atoms with E-state index in [1.165, 1.54) is 20.8 Å². The van der Waals surface area contributed by atoms with Crippen LogP contribution in [-0.4, -0.2) is 245 Å². The average Bonchev–Trinajstić information content (AvgIpc) is 1.65. The number of amides is 7. The highest BCUT2D eigenvalue weighted by Crippen LogP contribution is 2.41. The first-order valence-corrected chi connectivity index (χ1v) is 44.4. The second kappa shape index (κ2) is 50.2. The Morgan fingerprint density at radius 3 is 0.913 bits per heavy atom. The molecule has 3 heterocycles. The molecule has 3 rings (SSSR count). The Kier molecular flexibility index (Phi) is 47.5. The number of carboxylic acids is 1. The third-order valence-corrected chi connectivity index (χ3v) is 20.7. The summed E-state index contributed by atoms with van der Waals surface area (Å²) in [6.45, 7) is 65.6. The number of hydrogen-bond donors (Lipinski definition) is 13. The predicted octanol–water partition coefficient (Wildman–Crippen LogP) is 9.99. The molecule has 734 valence electrons. The number of ether oxygens (including phenoxy) is 7. The maximum atomic E-state index is 13.5. The fraction of sp³-hybridized carbons (Fsp3) is 0.872. The predicted molar refractivity (Wildman–Crippen MR) is 487 cm³/mol. The van der Waals surface area contributed by atoms with Crippen molar-refractivity contribution in [2.75, 3.05) is 26.2 Å². The van der Waals surface area contributed by atoms with Crippen LogP contribution < -0.4 is 54.4 Å². The van der Waals surface area contributed by atoms with Gasteiger partial charge in [0, 0.05) is 50.2 Å². The molecule has 0 spiro atoms. The van der Waals surface area contributed by atoms with Gasteiger partial charge in [-0.25, -0.2) is 33.6 Å². The summed E-state index contributed by atoms with van der Waals surface area (Å²) in [4.78, 5) is 136. The van der Waals surface area contributed by atoms with E-state index in [1.807, 2.05) is 83.1 Å². The van der Waals surface area contributed by atoms with Crippen LogP contribution in [0.5, 0.6) is 0 Å². The number of esters is 3. The molecule has 3 saturated heterocycles. The summed E-state index contributed by atoms with van der Waals surface area (Å²) in [5.41, 5.74) is 9.56. The fourth-order valence-electron chi connectivity index (χ4n) is 12.4. The molecule has 37 nitrogen and oxygen atoms in total. The van der Waals surface area contributed by atoms with E-state index in [2.05, 4.69) is 37.2 Å². The highest BCUT2D eigenvalue weighted by Gasteiger charge is 2.54. The minimum Gasteiger partial charge on any atom is -0.480 e. The fourth-order valence-corrected chi connectivity index (χ4v) is 12.4. The number of carboxylic acid groups (broad SMARTS) is 1. The summed E-state index contributed by atoms with van der Waals surface area (Å²) < 4.78 is 74.4. The number of aliphatic carboxylic acids is 1. The monoisotopic (exact) mass is 1820 g/mol. The van der Waals surface area contributed by atoms with Crippen molar-refractivity contribution < 1.29 is 129 Å². The van der Waals surface area contributed by atoms with Crippen LogP contribution in [0.3, 0.4) is 0 Å². The van der Waals surface area contributed by atoms with Crippen LogP contribution in [0.1, 0.15) is 301 Å². The number of nitrogens with one attached hydrogen (secondary N) is 7. The Labute approximate surface area is 759 Å². The normalized spacial score (nSPS) is 18.7. The smallest absolute Gasteiger partial charge is 0.457 e. The zero-order chi connectivity index (χ0) is 99.4. The molecule has 7 amide bonds. The van der Waals surface area contributed by atoms with Crippen LogP contribution >= 0.6 is 0 Å². The van der Waals surface area contributed by atoms with Crippen molar-refractivity contribution in [2.24, 2.45) is 40.9 Å². The van der Waals surface area contributed by atoms with E-state index in [-0.39, 0.29) is 69.8 Å². The molecule has 0 saturated carbocycles. The molecule has 3 aliphatic heterocycles. The first kappa shape index (κ1) is 120. The molecule has 16 N–H and O–H groups in total. The van der Waals surface area contributed by atoms with Crippen LogP contribution in [0.15, 0.2) is 0 Å². The average molecular weight is 1820 g/mol. The number of nitrogens with two attached hydrogens (primary N) is 3. The topological polar surface area (TPSA) is 531 Å². The van der Waals surface area contributed by atoms with E-state index < -0.39 is 190 Å². The second-order valence-electron chi connectivity index (χ2n) is 43.0. The molecular weight excluding hydrogens is 1650 g/mol. The molecule has 0 aromatic rings. The largest absolute Gasteiger partial charge is 0.480 e. The van der Waals surface area contributed by atoms with Gasteiger partial charge in [0.25, 0.3) is 0 Å². The SMILES string of the molecule is CC(=O)N[C@H](C(=O)OC(C)(C)C)[C@@H](CCCB1OC(C)(C)C(C)(C)O1)CNC(=O)OC(C)(C)C.CC(C)(C)OC(=O)NC[C@H](CCCB1OC(C)(C)C(C)(C)O1)[C@H](N)C(=O)OC(C)(C)C.C[C@H](N)C(=O)N[C@H](C(=O)O)[C@H](CN)CCCB(O)O.C[C@H](NC(=O)OC(C)(C)C)C(=O)N[C@H](C(=O)OC(C)(C)C)[C@@H](CCCB1OC(C)(C)C(C)(C)O1)CNC(=O)OC(C)(C)C. The minimum absolute atomic E-state index is 0.0103. The highest BCUT2D eigenvalue weighted by atomic mass is 16.7. The van der Waals surface area contributed by atoms with Crippen molar-refractivity contribution >= 4 is 94.4 Å². The standard InChI is InChI=1S/C30H56BN3O9.C24H45BN2O7.C22H43BN2O6.C10H22BN3O5/c1-19(33-25(38)41-28(8,9)10)22(35)34-21(23(36)39-26(2,3)4)20(18-32-24(37)40-27(5,6)7)16-15-17-31-42-29(11,12)30(13,14)43-31;1-16(28)27-18(19(29)31-21(2,3)4)17(15-26-20(30)32-22(5,6)7)13-12-14-25-33-23(8,9)24(10,11)34-25;1-19(2,3)28-17(26)16(24)15(14-25-18(27)29-20(4,5)6)12-11-13-23-30-21(7,8)22(9,10)31-23;1-6(13)9(15)14-8(10(16)17)7(5-12)3-2-4-11(18)19/h19-21H,15-18H2,1-14H3,(H,32,37)(H,33,38)(H,34,35);17-18H,12-15H2,1-11H3,(H,26,30)(H,27,28);15-16H,11-14,24H2,1-10H3,(H,25,27);6-8,18-19H,2-5,12-13H2,1H3,(H,14,15)(H,16,17)/t19-,20-,21-;17-,18-;15-,16-;6-,7-,8-/m0000/s1. The molecule has 3 aliphatic rings. The summed E-state index contributed by atoms with van der Waals surface area (Å²) in [5.74, 6) is -6.24. The highest BCUT2D eigenvalue weighted by molar-refractivity contribution is 6.46. The summed E-state index contributed by atoms with van der Waals surface area (Å²) in [6.07, 6.45) is 3.58. The lowest BCUT2D eigenvalue weighted by molar-refractivity contribution is -0.161. The summed E-state index contributed by atoms with van der Waals surface area (Å²) >= 11 is 0. The maximum Gasteiger partial charge on any atom is 0.457 e. The van der Waals surface area contributed by atoms with Gasteiger partial charge in [0.2, 0.25) is 17.7 Å². The number of carbonyl (C=O) groups excluding carboxylic acids is 10. The van der Waals surface area contributed by atoms with E-state index in [9.17, 15) is 52.7 Å². The Morgan fingerprint density at radius 2 is 0.638 bits per heavy atom. The van der Waals surface area contributed by atoms with Gasteiger partial charge >= 0.3 is 76.7 Å². The number of hydrogen-bond acceptors (Lipinski definition) is 29. The van der Waals surface area contributed by atoms with E-state index in [1.54, 1.807) is 145 Å². The third-order valence-electron chi connectivity index (χ3n) is 20.7. The van der Waals surface area contributed by atoms with Gasteiger partial charge in [-0.2, -0.15) is 0 Å². The zero-order valence-corrected chi connectivity index (χ0v) is 83.8. The van der Waals surface area contributed by atoms with Crippen LogP contribution in [0.25, 0.3) is 0 Å². The Hall–Kier alpha value is -6.81. The van der Waals surface area contributed by atoms with Gasteiger partial charge < -0.3 is 131 Å². The molecular formula is C86H166B4N10O27. The quantitative estimate of drug-likeness (QED) is 0.0156. The maximum absolute atomic E-state index is 13.5. The molecule has 0 bridgehead atoms. The van der Waals surface area contributed by atoms with Crippen LogP contribution in [-0.2, 0) is 94.6 Å². The van der Waals surface area contributed by atoms with Crippen LogP contribution in [0.4, 0.5) is 19.2 Å². The number of alkyl carbamates (subject to hydrolysis) is 4. The second-order valence-corrected chi connectivity index (χ2v) is 43.0. The molecule has 0 aliphatic carbocycles. The van der Waals surface area contributed by atoms with Gasteiger partial charge in [-0.1, -0.05) is 25.7 Å². The Balaban J connectivity index is 0.00000172. The molecule has 0 radical (unpaired) electrons. The van der Waals surface area contributed by atoms with Crippen molar-refractivity contribution in [3.8, 4) is 0 Å². The van der Waals surface area contributed by atoms with Crippen molar-refractivity contribution in [1.29, 1.82) is 0 Å². The lowest BCUT2D eigenvalue weighted by Crippen LogP contribution is -2.56. The van der Waals surface area contributed by atoms with E-state index >= 15 is 0 Å². The van der Waals surface area contributed by atoms with E-state index in [0.717, 1.165) is 0 Å². The van der Waals surface area contributed by atoms with Crippen molar-refractivity contribution in [3.63, 3.8) is 0 Å². The molecule has 10 atom stereocenters. The van der Waals surface area contributed by atoms with E-state index in [4.69, 9.17) is 93.4 Å². The summed E-state index contributed by atoms with van der Waals surface area (Å²) in [5, 5.41) is 45.0. The first-order valence-electron chi connectivity index (χ1n) is 44.4. The Morgan fingerprint density at radius 1 is 0.370 bits per heavy atom. The lowest BCUT2D eigenvalue weighted by Gasteiger charge is -2.32. The van der Waals surface area contributed by atoms with Crippen LogP contribution in [0.2, 0.25) is 25.3 Å². The van der Waals surface area contributed by atoms with Gasteiger partial charge in [-0.05, 0) is 300 Å². The summed E-state index contributed by atoms with van der Waals surface area (Å²) in [6, 6.07) is -5.90. The molecule has 0 aromatic carbocycles. The molecule has 127 heavy (non-hydrogen) atoms. The van der Waals surface area contributed by atoms with Gasteiger partial charge in [-0.3, -0.25) is 19.2 Å². The summed E-state index contributed by atoms with van der Waals surface area (Å²) in [7, 11) is -2.56. The minimum atomic E-state index is -1.43. The van der Waals surface area contributed by atoms with Gasteiger partial charge in [0.05, 0.1) is 39.6 Å². The van der Waals surface area contributed by atoms with Gasteiger partial charge in [0.1, 0.15) is 69.4 Å². The van der Waals surface area contributed by atoms with Crippen molar-refractivity contribution in [2.45, 2.75) is 435 Å². The third kappa shape index (κ3) is 49.3. The van der Waals surface area contributed by atoms with Crippen molar-refractivity contribution in [1.82, 2.24) is 37.2 Å². The molecule has 0 aromatic heterocycles. The van der Waals surface area contributed by atoms with Gasteiger partial charge in [0.15, 0.2) is 0 Å².